The first-order valence-electron chi connectivity index (χ1n) is 9.47. The minimum atomic E-state index is -3.61. The number of anilines is 1. The van der Waals surface area contributed by atoms with Crippen LogP contribution in [-0.4, -0.2) is 26.3 Å². The Morgan fingerprint density at radius 3 is 2.40 bits per heavy atom. The second kappa shape index (κ2) is 10.8. The number of amides is 1. The number of rotatable bonds is 9. The van der Waals surface area contributed by atoms with Gasteiger partial charge in [-0.25, -0.2) is 13.8 Å². The summed E-state index contributed by atoms with van der Waals surface area (Å²) < 4.78 is 25.9. The van der Waals surface area contributed by atoms with Gasteiger partial charge in [0.2, 0.25) is 10.0 Å². The van der Waals surface area contributed by atoms with E-state index in [4.69, 9.17) is 23.2 Å². The van der Waals surface area contributed by atoms with Gasteiger partial charge in [0.05, 0.1) is 28.5 Å². The van der Waals surface area contributed by atoms with E-state index in [1.807, 2.05) is 6.92 Å². The summed E-state index contributed by atoms with van der Waals surface area (Å²) in [6, 6.07) is 11.5. The Kier molecular flexibility index (Phi) is 8.70. The van der Waals surface area contributed by atoms with Gasteiger partial charge in [0.15, 0.2) is 0 Å². The van der Waals surface area contributed by atoms with Crippen molar-refractivity contribution in [1.29, 1.82) is 0 Å². The van der Waals surface area contributed by atoms with Crippen LogP contribution in [0.15, 0.2) is 47.6 Å². The van der Waals surface area contributed by atoms with Gasteiger partial charge in [-0.2, -0.15) is 5.10 Å². The minimum Gasteiger partial charge on any atom is -0.267 e. The molecule has 0 saturated heterocycles. The fraction of sp³-hybridized carbons (Fsp3) is 0.333. The second-order valence-electron chi connectivity index (χ2n) is 6.93. The van der Waals surface area contributed by atoms with Crippen LogP contribution in [0.4, 0.5) is 5.69 Å². The number of carbonyl (C=O) groups excluding carboxylic acids is 1. The van der Waals surface area contributed by atoms with Crippen molar-refractivity contribution in [3.05, 3.63) is 63.6 Å². The maximum atomic E-state index is 12.3. The average molecular weight is 470 g/mol. The van der Waals surface area contributed by atoms with Gasteiger partial charge in [-0.15, -0.1) is 0 Å². The Balaban J connectivity index is 2.16. The van der Waals surface area contributed by atoms with Crippen molar-refractivity contribution in [2.75, 3.05) is 10.6 Å². The Morgan fingerprint density at radius 2 is 1.80 bits per heavy atom. The van der Waals surface area contributed by atoms with E-state index < -0.39 is 10.0 Å². The molecule has 1 N–H and O–H groups in total. The molecule has 0 aliphatic carbocycles. The van der Waals surface area contributed by atoms with Gasteiger partial charge in [-0.1, -0.05) is 54.7 Å². The van der Waals surface area contributed by atoms with Crippen LogP contribution < -0.4 is 9.73 Å². The summed E-state index contributed by atoms with van der Waals surface area (Å²) in [5.74, 6) is -0.324. The molecular formula is C21H25Cl2N3O3S. The van der Waals surface area contributed by atoms with Crippen molar-refractivity contribution in [1.82, 2.24) is 5.43 Å². The molecule has 162 valence electrons. The highest BCUT2D eigenvalue weighted by Crippen LogP contribution is 2.34. The fourth-order valence-corrected chi connectivity index (χ4v) is 4.03. The molecule has 0 bridgehead atoms. The van der Waals surface area contributed by atoms with Crippen molar-refractivity contribution in [2.24, 2.45) is 5.10 Å². The minimum absolute atomic E-state index is 0.0507. The number of carbonyl (C=O) groups is 1. The molecule has 2 rings (SSSR count). The number of hydrogen-bond acceptors (Lipinski definition) is 4. The lowest BCUT2D eigenvalue weighted by Gasteiger charge is -2.24. The number of hydrogen-bond donors (Lipinski definition) is 1. The van der Waals surface area contributed by atoms with Crippen LogP contribution in [0.5, 0.6) is 0 Å². The van der Waals surface area contributed by atoms with Gasteiger partial charge >= 0.3 is 0 Å². The number of unbranched alkanes of at least 4 members (excludes halogenated alkanes) is 1. The zero-order valence-corrected chi connectivity index (χ0v) is 19.5. The van der Waals surface area contributed by atoms with E-state index in [0.717, 1.165) is 31.2 Å². The Labute approximate surface area is 187 Å². The Hall–Kier alpha value is -2.09. The predicted molar refractivity (Wildman–Crippen MR) is 124 cm³/mol. The molecule has 2 aromatic rings. The van der Waals surface area contributed by atoms with Crippen molar-refractivity contribution in [3.63, 3.8) is 0 Å². The van der Waals surface area contributed by atoms with Crippen molar-refractivity contribution in [3.8, 4) is 0 Å². The van der Waals surface area contributed by atoms with Crippen LogP contribution in [0.1, 0.15) is 49.0 Å². The normalized spacial score (nSPS) is 12.0. The van der Waals surface area contributed by atoms with Gasteiger partial charge in [0.25, 0.3) is 5.91 Å². The molecule has 6 nitrogen and oxygen atoms in total. The van der Waals surface area contributed by atoms with Crippen molar-refractivity contribution < 1.29 is 13.2 Å². The summed E-state index contributed by atoms with van der Waals surface area (Å²) in [4.78, 5) is 12.3. The first-order valence-corrected chi connectivity index (χ1v) is 12.1. The smallest absolute Gasteiger partial charge is 0.267 e. The summed E-state index contributed by atoms with van der Waals surface area (Å²) >= 11 is 12.3. The summed E-state index contributed by atoms with van der Waals surface area (Å²) in [7, 11) is -3.61. The fourth-order valence-electron chi connectivity index (χ4n) is 2.69. The molecule has 30 heavy (non-hydrogen) atoms. The maximum Gasteiger partial charge on any atom is 0.271 e. The van der Waals surface area contributed by atoms with Crippen LogP contribution in [0.3, 0.4) is 0 Å². The standard InChI is InChI=1S/C21H25Cl2N3O3S/c1-4-5-7-15(2)24-25-21(27)17-12-10-16(11-13-17)14-26(30(3,28)29)19-9-6-8-18(22)20(19)23/h6,8-13H,4-5,7,14H2,1-3H3,(H,25,27)/b24-15-. The molecule has 0 saturated carbocycles. The number of benzene rings is 2. The van der Waals surface area contributed by atoms with Gasteiger partial charge in [-0.05, 0) is 49.6 Å². The average Bonchev–Trinajstić information content (AvgIpc) is 2.70. The molecule has 9 heteroatoms. The second-order valence-corrected chi connectivity index (χ2v) is 9.62. The van der Waals surface area contributed by atoms with E-state index in [-0.39, 0.29) is 22.5 Å². The third kappa shape index (κ3) is 6.72. The molecule has 0 atom stereocenters. The number of nitrogens with zero attached hydrogens (tertiary/aromatic N) is 2. The first kappa shape index (κ1) is 24.2. The largest absolute Gasteiger partial charge is 0.271 e. The Morgan fingerprint density at radius 1 is 1.13 bits per heavy atom. The summed E-state index contributed by atoms with van der Waals surface area (Å²) in [6.07, 6.45) is 4.02. The van der Waals surface area contributed by atoms with Crippen LogP contribution in [-0.2, 0) is 16.6 Å². The first-order chi connectivity index (χ1) is 14.1. The third-order valence-electron chi connectivity index (χ3n) is 4.38. The van der Waals surface area contributed by atoms with Crippen LogP contribution in [0, 0.1) is 0 Å². The highest BCUT2D eigenvalue weighted by molar-refractivity contribution is 7.92. The van der Waals surface area contributed by atoms with Gasteiger partial charge in [-0.3, -0.25) is 9.10 Å². The van der Waals surface area contributed by atoms with E-state index in [1.54, 1.807) is 42.5 Å². The zero-order valence-electron chi connectivity index (χ0n) is 17.2. The molecule has 0 aromatic heterocycles. The summed E-state index contributed by atoms with van der Waals surface area (Å²) in [6.45, 7) is 4.02. The molecule has 0 unspecified atom stereocenters. The van der Waals surface area contributed by atoms with Crippen molar-refractivity contribution >= 4 is 50.5 Å². The summed E-state index contributed by atoms with van der Waals surface area (Å²) in [5.41, 5.74) is 4.82. The molecule has 0 aliphatic heterocycles. The maximum absolute atomic E-state index is 12.3. The van der Waals surface area contributed by atoms with E-state index in [2.05, 4.69) is 17.5 Å². The molecule has 2 aromatic carbocycles. The SMILES string of the molecule is CCCC/C(C)=N\NC(=O)c1ccc(CN(c2cccc(Cl)c2Cl)S(C)(=O)=O)cc1. The topological polar surface area (TPSA) is 78.8 Å². The van der Waals surface area contributed by atoms with Crippen molar-refractivity contribution in [2.45, 2.75) is 39.7 Å². The monoisotopic (exact) mass is 469 g/mol. The number of halogens is 2. The molecule has 0 aliphatic rings. The van der Waals surface area contributed by atoms with E-state index >= 15 is 0 Å². The van der Waals surface area contributed by atoms with Crippen LogP contribution >= 0.6 is 23.2 Å². The van der Waals surface area contributed by atoms with E-state index in [1.165, 1.54) is 4.31 Å². The molecular weight excluding hydrogens is 445 g/mol. The molecule has 1 amide bonds. The number of nitrogens with one attached hydrogen (secondary N) is 1. The van der Waals surface area contributed by atoms with Crippen LogP contribution in [0.25, 0.3) is 0 Å². The molecule has 0 radical (unpaired) electrons. The quantitative estimate of drug-likeness (QED) is 0.401. The number of sulfonamides is 1. The lowest BCUT2D eigenvalue weighted by atomic mass is 10.1. The lowest BCUT2D eigenvalue weighted by Crippen LogP contribution is -2.29. The predicted octanol–water partition coefficient (Wildman–Crippen LogP) is 5.26. The highest BCUT2D eigenvalue weighted by atomic mass is 35.5. The summed E-state index contributed by atoms with van der Waals surface area (Å²) in [5, 5.41) is 4.53. The van der Waals surface area contributed by atoms with E-state index in [9.17, 15) is 13.2 Å². The third-order valence-corrected chi connectivity index (χ3v) is 6.32. The number of hydrazone groups is 1. The van der Waals surface area contributed by atoms with Gasteiger partial charge in [0.1, 0.15) is 0 Å². The molecule has 0 spiro atoms. The highest BCUT2D eigenvalue weighted by Gasteiger charge is 2.21. The van der Waals surface area contributed by atoms with E-state index in [0.29, 0.717) is 16.8 Å². The lowest BCUT2D eigenvalue weighted by molar-refractivity contribution is 0.0954. The molecule has 0 fully saturated rings. The zero-order chi connectivity index (χ0) is 22.3. The Bertz CT molecular complexity index is 1020. The van der Waals surface area contributed by atoms with Gasteiger partial charge < -0.3 is 0 Å². The van der Waals surface area contributed by atoms with Gasteiger partial charge in [0, 0.05) is 11.3 Å². The molecule has 0 heterocycles. The van der Waals surface area contributed by atoms with Crippen LogP contribution in [0.2, 0.25) is 10.0 Å².